The molecule has 2 aliphatic carbocycles. The zero-order valence-electron chi connectivity index (χ0n) is 15.1. The van der Waals surface area contributed by atoms with Crippen LogP contribution < -0.4 is 5.73 Å². The normalized spacial score (nSPS) is 24.0. The van der Waals surface area contributed by atoms with Gasteiger partial charge in [0.1, 0.15) is 6.61 Å². The van der Waals surface area contributed by atoms with Crippen LogP contribution in [0.5, 0.6) is 0 Å². The summed E-state index contributed by atoms with van der Waals surface area (Å²) < 4.78 is 5.48. The summed E-state index contributed by atoms with van der Waals surface area (Å²) in [6.07, 6.45) is 8.91. The quantitative estimate of drug-likeness (QED) is 0.901. The van der Waals surface area contributed by atoms with Crippen molar-refractivity contribution in [2.45, 2.75) is 51.6 Å². The Morgan fingerprint density at radius 1 is 1.12 bits per heavy atom. The van der Waals surface area contributed by atoms with Crippen LogP contribution in [0.1, 0.15) is 50.5 Å². The highest BCUT2D eigenvalue weighted by atomic mass is 16.6. The Morgan fingerprint density at radius 3 is 2.44 bits per heavy atom. The van der Waals surface area contributed by atoms with E-state index in [1.54, 1.807) is 0 Å². The third-order valence-electron chi connectivity index (χ3n) is 6.81. The van der Waals surface area contributed by atoms with Gasteiger partial charge in [0.25, 0.3) is 0 Å². The van der Waals surface area contributed by atoms with Gasteiger partial charge < -0.3 is 15.4 Å². The molecule has 3 fully saturated rings. The molecule has 1 aromatic rings. The monoisotopic (exact) mass is 342 g/mol. The zero-order valence-corrected chi connectivity index (χ0v) is 15.1. The van der Waals surface area contributed by atoms with Crippen molar-refractivity contribution in [2.75, 3.05) is 19.6 Å². The number of nitrogens with zero attached hydrogens (tertiary/aromatic N) is 1. The summed E-state index contributed by atoms with van der Waals surface area (Å²) >= 11 is 0. The fraction of sp³-hybridized carbons (Fsp3) is 0.667. The molecule has 1 aliphatic heterocycles. The highest BCUT2D eigenvalue weighted by Crippen LogP contribution is 2.69. The molecule has 136 valence electrons. The molecule has 0 unspecified atom stereocenters. The van der Waals surface area contributed by atoms with Gasteiger partial charge in [-0.1, -0.05) is 30.3 Å². The predicted molar refractivity (Wildman–Crippen MR) is 97.9 cm³/mol. The zero-order chi connectivity index (χ0) is 17.3. The van der Waals surface area contributed by atoms with Gasteiger partial charge in [0.05, 0.1) is 0 Å². The van der Waals surface area contributed by atoms with Crippen LogP contribution in [0.3, 0.4) is 0 Å². The molecular weight excluding hydrogens is 312 g/mol. The minimum absolute atomic E-state index is 0.153. The van der Waals surface area contributed by atoms with Crippen LogP contribution in [0, 0.1) is 16.7 Å². The van der Waals surface area contributed by atoms with Gasteiger partial charge in [-0.25, -0.2) is 4.79 Å². The molecule has 25 heavy (non-hydrogen) atoms. The predicted octanol–water partition coefficient (Wildman–Crippen LogP) is 3.94. The summed E-state index contributed by atoms with van der Waals surface area (Å²) in [6, 6.07) is 9.89. The van der Waals surface area contributed by atoms with E-state index in [0.29, 0.717) is 17.4 Å². The van der Waals surface area contributed by atoms with Gasteiger partial charge in [-0.05, 0) is 73.8 Å². The first-order valence-electron chi connectivity index (χ1n) is 9.78. The van der Waals surface area contributed by atoms with E-state index in [1.165, 1.54) is 32.1 Å². The van der Waals surface area contributed by atoms with Crippen LogP contribution in [-0.2, 0) is 11.3 Å². The van der Waals surface area contributed by atoms with Gasteiger partial charge in [0, 0.05) is 13.1 Å². The summed E-state index contributed by atoms with van der Waals surface area (Å²) in [5.41, 5.74) is 7.89. The maximum atomic E-state index is 12.3. The van der Waals surface area contributed by atoms with E-state index in [2.05, 4.69) is 0 Å². The molecule has 0 radical (unpaired) electrons. The Bertz CT molecular complexity index is 592. The van der Waals surface area contributed by atoms with Gasteiger partial charge in [-0.3, -0.25) is 0 Å². The molecule has 4 heteroatoms. The fourth-order valence-corrected chi connectivity index (χ4v) is 5.76. The number of piperidine rings is 1. The standard InChI is InChI=1S/C21H30N2O2/c22-9-6-18-12-21(13-18)15-20(16-21)7-10-23(11-8-20)19(24)25-14-17-4-2-1-3-5-17/h1-5,18H,6-16,22H2. The van der Waals surface area contributed by atoms with Gasteiger partial charge in [-0.2, -0.15) is 0 Å². The second-order valence-corrected chi connectivity index (χ2v) is 8.73. The lowest BCUT2D eigenvalue weighted by atomic mass is 9.40. The Labute approximate surface area is 150 Å². The third-order valence-corrected chi connectivity index (χ3v) is 6.81. The van der Waals surface area contributed by atoms with E-state index in [9.17, 15) is 4.79 Å². The van der Waals surface area contributed by atoms with Crippen LogP contribution >= 0.6 is 0 Å². The van der Waals surface area contributed by atoms with Crippen molar-refractivity contribution in [1.82, 2.24) is 4.90 Å². The molecular formula is C21H30N2O2. The van der Waals surface area contributed by atoms with E-state index >= 15 is 0 Å². The lowest BCUT2D eigenvalue weighted by molar-refractivity contribution is -0.147. The molecule has 1 saturated heterocycles. The molecule has 3 aliphatic rings. The van der Waals surface area contributed by atoms with Crippen LogP contribution in [0.2, 0.25) is 0 Å². The molecule has 0 atom stereocenters. The number of ether oxygens (including phenoxy) is 1. The van der Waals surface area contributed by atoms with E-state index in [1.807, 2.05) is 35.2 Å². The molecule has 1 heterocycles. The van der Waals surface area contributed by atoms with Gasteiger partial charge in [0.2, 0.25) is 0 Å². The Hall–Kier alpha value is -1.55. The average molecular weight is 342 g/mol. The summed E-state index contributed by atoms with van der Waals surface area (Å²) in [6.45, 7) is 2.92. The molecule has 1 aromatic carbocycles. The minimum atomic E-state index is -0.153. The smallest absolute Gasteiger partial charge is 0.410 e. The van der Waals surface area contributed by atoms with E-state index in [4.69, 9.17) is 10.5 Å². The molecule has 4 rings (SSSR count). The molecule has 2 N–H and O–H groups in total. The van der Waals surface area contributed by atoms with E-state index in [0.717, 1.165) is 44.0 Å². The van der Waals surface area contributed by atoms with Gasteiger partial charge >= 0.3 is 6.09 Å². The number of amides is 1. The maximum absolute atomic E-state index is 12.3. The number of carbonyl (C=O) groups is 1. The first-order valence-corrected chi connectivity index (χ1v) is 9.78. The molecule has 0 bridgehead atoms. The number of nitrogens with two attached hydrogens (primary N) is 1. The maximum Gasteiger partial charge on any atom is 0.410 e. The Balaban J connectivity index is 1.20. The van der Waals surface area contributed by atoms with Crippen molar-refractivity contribution in [2.24, 2.45) is 22.5 Å². The topological polar surface area (TPSA) is 55.6 Å². The van der Waals surface area contributed by atoms with Crippen molar-refractivity contribution in [1.29, 1.82) is 0 Å². The fourth-order valence-electron chi connectivity index (χ4n) is 5.76. The number of hydrogen-bond donors (Lipinski definition) is 1. The number of hydrogen-bond acceptors (Lipinski definition) is 3. The SMILES string of the molecule is NCCC1CC2(C1)CC1(CCN(C(=O)OCc3ccccc3)CC1)C2. The molecule has 2 spiro atoms. The van der Waals surface area contributed by atoms with Crippen LogP contribution in [0.25, 0.3) is 0 Å². The second-order valence-electron chi connectivity index (χ2n) is 8.73. The van der Waals surface area contributed by atoms with Crippen molar-refractivity contribution >= 4 is 6.09 Å². The van der Waals surface area contributed by atoms with Gasteiger partial charge in [0.15, 0.2) is 0 Å². The van der Waals surface area contributed by atoms with Crippen LogP contribution in [0.4, 0.5) is 4.79 Å². The summed E-state index contributed by atoms with van der Waals surface area (Å²) in [5, 5.41) is 0. The molecule has 4 nitrogen and oxygen atoms in total. The first kappa shape index (κ1) is 16.9. The third kappa shape index (κ3) is 3.41. The summed E-state index contributed by atoms with van der Waals surface area (Å²) in [5.74, 6) is 0.885. The Morgan fingerprint density at radius 2 is 1.80 bits per heavy atom. The van der Waals surface area contributed by atoms with Crippen LogP contribution in [-0.4, -0.2) is 30.6 Å². The first-order chi connectivity index (χ1) is 12.1. The summed E-state index contributed by atoms with van der Waals surface area (Å²) in [7, 11) is 0. The van der Waals surface area contributed by atoms with E-state index < -0.39 is 0 Å². The number of benzene rings is 1. The highest BCUT2D eigenvalue weighted by molar-refractivity contribution is 5.67. The lowest BCUT2D eigenvalue weighted by Gasteiger charge is -2.65. The molecule has 1 amide bonds. The second kappa shape index (κ2) is 6.64. The lowest BCUT2D eigenvalue weighted by Crippen LogP contribution is -2.57. The molecule has 0 aromatic heterocycles. The number of likely N-dealkylation sites (tertiary alicyclic amines) is 1. The van der Waals surface area contributed by atoms with Gasteiger partial charge in [-0.15, -0.1) is 0 Å². The van der Waals surface area contributed by atoms with E-state index in [-0.39, 0.29) is 6.09 Å². The summed E-state index contributed by atoms with van der Waals surface area (Å²) in [4.78, 5) is 14.2. The number of carbonyl (C=O) groups excluding carboxylic acids is 1. The van der Waals surface area contributed by atoms with Crippen molar-refractivity contribution in [3.63, 3.8) is 0 Å². The van der Waals surface area contributed by atoms with Crippen LogP contribution in [0.15, 0.2) is 30.3 Å². The number of rotatable bonds is 4. The minimum Gasteiger partial charge on any atom is -0.445 e. The van der Waals surface area contributed by atoms with Crippen molar-refractivity contribution in [3.8, 4) is 0 Å². The largest absolute Gasteiger partial charge is 0.445 e. The van der Waals surface area contributed by atoms with Crippen molar-refractivity contribution in [3.05, 3.63) is 35.9 Å². The Kier molecular flexibility index (Phi) is 4.48. The highest BCUT2D eigenvalue weighted by Gasteiger charge is 2.59. The molecule has 2 saturated carbocycles. The van der Waals surface area contributed by atoms with Crippen molar-refractivity contribution < 1.29 is 9.53 Å². The average Bonchev–Trinajstić information content (AvgIpc) is 2.58.